The molecule has 0 aromatic carbocycles. The molecule has 0 spiro atoms. The highest BCUT2D eigenvalue weighted by Gasteiger charge is 2.29. The number of carbonyl (C=O) groups excluding carboxylic acids is 1. The third-order valence-electron chi connectivity index (χ3n) is 2.86. The van der Waals surface area contributed by atoms with Crippen molar-refractivity contribution >= 4 is 15.7 Å². The van der Waals surface area contributed by atoms with Crippen LogP contribution in [0.15, 0.2) is 0 Å². The van der Waals surface area contributed by atoms with E-state index < -0.39 is 21.0 Å². The van der Waals surface area contributed by atoms with Gasteiger partial charge in [-0.1, -0.05) is 6.92 Å². The zero-order valence-corrected chi connectivity index (χ0v) is 10.1. The summed E-state index contributed by atoms with van der Waals surface area (Å²) in [7, 11) is -3.29. The van der Waals surface area contributed by atoms with Crippen molar-refractivity contribution in [1.29, 1.82) is 0 Å². The zero-order valence-electron chi connectivity index (χ0n) is 9.28. The second-order valence-electron chi connectivity index (χ2n) is 4.22. The Balaban J connectivity index is 2.56. The summed E-state index contributed by atoms with van der Waals surface area (Å²) in [5.74, 6) is -0.0567. The third-order valence-corrected chi connectivity index (χ3v) is 4.36. The fraction of sp³-hybridized carbons (Fsp3) is 0.889. The zero-order chi connectivity index (χ0) is 11.6. The number of hydrogen-bond acceptors (Lipinski definition) is 4. The summed E-state index contributed by atoms with van der Waals surface area (Å²) >= 11 is 0. The SMILES string of the molecule is CC1CNCC1NC(=O)C(C)S(C)(=O)=O. The lowest BCUT2D eigenvalue weighted by Gasteiger charge is -2.18. The average Bonchev–Trinajstić information content (AvgIpc) is 2.49. The Morgan fingerprint density at radius 2 is 2.07 bits per heavy atom. The van der Waals surface area contributed by atoms with Crippen molar-refractivity contribution in [1.82, 2.24) is 10.6 Å². The molecule has 5 nitrogen and oxygen atoms in total. The largest absolute Gasteiger partial charge is 0.351 e. The number of hydrogen-bond donors (Lipinski definition) is 2. The molecule has 0 saturated carbocycles. The van der Waals surface area contributed by atoms with Gasteiger partial charge < -0.3 is 10.6 Å². The normalized spacial score (nSPS) is 28.7. The number of amides is 1. The fourth-order valence-electron chi connectivity index (χ4n) is 1.50. The van der Waals surface area contributed by atoms with Crippen LogP contribution in [0.1, 0.15) is 13.8 Å². The smallest absolute Gasteiger partial charge is 0.238 e. The van der Waals surface area contributed by atoms with Crippen LogP contribution in [0.3, 0.4) is 0 Å². The Kier molecular flexibility index (Phi) is 3.72. The topological polar surface area (TPSA) is 75.3 Å². The molecule has 1 aliphatic heterocycles. The van der Waals surface area contributed by atoms with Crippen LogP contribution in [0.25, 0.3) is 0 Å². The van der Waals surface area contributed by atoms with Crippen molar-refractivity contribution in [2.45, 2.75) is 25.1 Å². The molecule has 1 fully saturated rings. The Bertz CT molecular complexity index is 339. The summed E-state index contributed by atoms with van der Waals surface area (Å²) in [5, 5.41) is 4.93. The van der Waals surface area contributed by atoms with E-state index in [-0.39, 0.29) is 6.04 Å². The maximum atomic E-state index is 11.6. The van der Waals surface area contributed by atoms with Crippen LogP contribution < -0.4 is 10.6 Å². The van der Waals surface area contributed by atoms with E-state index in [1.165, 1.54) is 6.92 Å². The lowest BCUT2D eigenvalue weighted by Crippen LogP contribution is -2.45. The van der Waals surface area contributed by atoms with Crippen molar-refractivity contribution in [3.05, 3.63) is 0 Å². The van der Waals surface area contributed by atoms with Crippen LogP contribution >= 0.6 is 0 Å². The molecular weight excluding hydrogens is 216 g/mol. The van der Waals surface area contributed by atoms with Gasteiger partial charge in [0.1, 0.15) is 5.25 Å². The summed E-state index contributed by atoms with van der Waals surface area (Å²) in [5.41, 5.74) is 0. The summed E-state index contributed by atoms with van der Waals surface area (Å²) in [6, 6.07) is 0.0432. The van der Waals surface area contributed by atoms with Crippen LogP contribution in [-0.2, 0) is 14.6 Å². The summed E-state index contributed by atoms with van der Waals surface area (Å²) in [6.45, 7) is 5.01. The lowest BCUT2D eigenvalue weighted by atomic mass is 10.1. The Morgan fingerprint density at radius 1 is 1.47 bits per heavy atom. The standard InChI is InChI=1S/C9H18N2O3S/c1-6-4-10-5-8(6)11-9(12)7(2)15(3,13)14/h6-8,10H,4-5H2,1-3H3,(H,11,12). The van der Waals surface area contributed by atoms with Gasteiger partial charge in [-0.3, -0.25) is 4.79 Å². The van der Waals surface area contributed by atoms with Crippen LogP contribution in [0.5, 0.6) is 0 Å². The Labute approximate surface area is 90.5 Å². The Morgan fingerprint density at radius 3 is 2.47 bits per heavy atom. The van der Waals surface area contributed by atoms with E-state index in [1.807, 2.05) is 6.92 Å². The predicted octanol–water partition coefficient (Wildman–Crippen LogP) is -0.856. The van der Waals surface area contributed by atoms with E-state index in [9.17, 15) is 13.2 Å². The van der Waals surface area contributed by atoms with Crippen LogP contribution in [-0.4, -0.2) is 45.0 Å². The molecule has 1 saturated heterocycles. The van der Waals surface area contributed by atoms with E-state index >= 15 is 0 Å². The highest BCUT2D eigenvalue weighted by molar-refractivity contribution is 7.92. The summed E-state index contributed by atoms with van der Waals surface area (Å²) in [6.07, 6.45) is 1.08. The molecule has 0 radical (unpaired) electrons. The van der Waals surface area contributed by atoms with Crippen molar-refractivity contribution in [3.8, 4) is 0 Å². The molecule has 0 aromatic heterocycles. The quantitative estimate of drug-likeness (QED) is 0.666. The molecule has 1 aliphatic rings. The van der Waals surface area contributed by atoms with E-state index in [2.05, 4.69) is 10.6 Å². The van der Waals surface area contributed by atoms with Crippen molar-refractivity contribution in [3.63, 3.8) is 0 Å². The first-order chi connectivity index (χ1) is 6.82. The molecule has 1 amide bonds. The lowest BCUT2D eigenvalue weighted by molar-refractivity contribution is -0.121. The average molecular weight is 234 g/mol. The van der Waals surface area contributed by atoms with Crippen molar-refractivity contribution < 1.29 is 13.2 Å². The molecule has 0 aliphatic carbocycles. The maximum Gasteiger partial charge on any atom is 0.238 e. The van der Waals surface area contributed by atoms with Crippen molar-refractivity contribution in [2.24, 2.45) is 5.92 Å². The molecule has 2 N–H and O–H groups in total. The maximum absolute atomic E-state index is 11.6. The second-order valence-corrected chi connectivity index (χ2v) is 6.59. The van der Waals surface area contributed by atoms with Crippen LogP contribution in [0.4, 0.5) is 0 Å². The van der Waals surface area contributed by atoms with Gasteiger partial charge in [-0.15, -0.1) is 0 Å². The number of sulfone groups is 1. The third kappa shape index (κ3) is 3.17. The van der Waals surface area contributed by atoms with Gasteiger partial charge in [0.2, 0.25) is 5.91 Å². The molecule has 6 heteroatoms. The minimum Gasteiger partial charge on any atom is -0.351 e. The van der Waals surface area contributed by atoms with Crippen LogP contribution in [0, 0.1) is 5.92 Å². The minimum atomic E-state index is -3.29. The van der Waals surface area contributed by atoms with Gasteiger partial charge in [-0.05, 0) is 19.4 Å². The highest BCUT2D eigenvalue weighted by Crippen LogP contribution is 2.08. The molecule has 0 aromatic rings. The van der Waals surface area contributed by atoms with Gasteiger partial charge in [-0.25, -0.2) is 8.42 Å². The second kappa shape index (κ2) is 4.49. The van der Waals surface area contributed by atoms with Gasteiger partial charge in [0, 0.05) is 18.8 Å². The highest BCUT2D eigenvalue weighted by atomic mass is 32.2. The van der Waals surface area contributed by atoms with E-state index in [0.29, 0.717) is 12.5 Å². The van der Waals surface area contributed by atoms with Gasteiger partial charge in [0.15, 0.2) is 9.84 Å². The number of carbonyl (C=O) groups is 1. The first-order valence-corrected chi connectivity index (χ1v) is 6.97. The van der Waals surface area contributed by atoms with Gasteiger partial charge in [0.05, 0.1) is 0 Å². The van der Waals surface area contributed by atoms with Crippen LogP contribution in [0.2, 0.25) is 0 Å². The number of rotatable bonds is 3. The van der Waals surface area contributed by atoms with Crippen molar-refractivity contribution in [2.75, 3.05) is 19.3 Å². The molecule has 1 heterocycles. The monoisotopic (exact) mass is 234 g/mol. The van der Waals surface area contributed by atoms with E-state index in [4.69, 9.17) is 0 Å². The van der Waals surface area contributed by atoms with E-state index in [0.717, 1.165) is 12.8 Å². The molecule has 15 heavy (non-hydrogen) atoms. The molecule has 3 unspecified atom stereocenters. The minimum absolute atomic E-state index is 0.0432. The molecular formula is C9H18N2O3S. The number of nitrogens with one attached hydrogen (secondary N) is 2. The van der Waals surface area contributed by atoms with Gasteiger partial charge >= 0.3 is 0 Å². The Hall–Kier alpha value is -0.620. The molecule has 3 atom stereocenters. The van der Waals surface area contributed by atoms with Gasteiger partial charge in [0.25, 0.3) is 0 Å². The van der Waals surface area contributed by atoms with Gasteiger partial charge in [-0.2, -0.15) is 0 Å². The first kappa shape index (κ1) is 12.4. The molecule has 1 rings (SSSR count). The predicted molar refractivity (Wildman–Crippen MR) is 58.3 cm³/mol. The fourth-order valence-corrected chi connectivity index (χ4v) is 1.95. The summed E-state index contributed by atoms with van der Waals surface area (Å²) in [4.78, 5) is 11.6. The summed E-state index contributed by atoms with van der Waals surface area (Å²) < 4.78 is 22.3. The molecule has 88 valence electrons. The molecule has 0 bridgehead atoms. The first-order valence-electron chi connectivity index (χ1n) is 5.02. The van der Waals surface area contributed by atoms with E-state index in [1.54, 1.807) is 0 Å².